The van der Waals surface area contributed by atoms with Gasteiger partial charge in [0.2, 0.25) is 5.91 Å². The third-order valence-corrected chi connectivity index (χ3v) is 19.3. The zero-order chi connectivity index (χ0) is 64.9. The first kappa shape index (κ1) is 87.5. The quantitative estimate of drug-likeness (QED) is 0.0212. The van der Waals surface area contributed by atoms with Gasteiger partial charge in [0, 0.05) is 12.8 Å². The summed E-state index contributed by atoms with van der Waals surface area (Å²) in [7, 11) is 1.21. The smallest absolute Gasteiger partial charge is 0.306 e. The maximum Gasteiger partial charge on any atom is 0.306 e. The zero-order valence-electron chi connectivity index (χ0n) is 60.7. The number of phosphoric ester groups is 1. The van der Waals surface area contributed by atoms with Gasteiger partial charge in [0.05, 0.1) is 33.8 Å². The number of carbonyl (C=O) groups excluding carboxylic acids is 2. The van der Waals surface area contributed by atoms with Crippen molar-refractivity contribution in [2.75, 3.05) is 40.9 Å². The van der Waals surface area contributed by atoms with Crippen molar-refractivity contribution in [1.82, 2.24) is 5.32 Å². The summed E-state index contributed by atoms with van der Waals surface area (Å²) in [5.41, 5.74) is 0. The number of unbranched alkanes of at least 4 members (excludes halogenated alkanes) is 56. The fourth-order valence-corrected chi connectivity index (χ4v) is 13.0. The highest BCUT2D eigenvalue weighted by atomic mass is 31.2. The molecule has 1 N–H and O–H groups in total. The van der Waals surface area contributed by atoms with Crippen LogP contribution >= 0.6 is 7.82 Å². The molecule has 0 saturated carbocycles. The van der Waals surface area contributed by atoms with Crippen LogP contribution in [0.25, 0.3) is 0 Å². The number of allylic oxidation sites excluding steroid dienone is 3. The molecule has 0 fully saturated rings. The largest absolute Gasteiger partial charge is 0.756 e. The molecule has 3 atom stereocenters. The number of nitrogens with zero attached hydrogens (tertiary/aromatic N) is 1. The summed E-state index contributed by atoms with van der Waals surface area (Å²) < 4.78 is 30.6. The summed E-state index contributed by atoms with van der Waals surface area (Å²) in [6.07, 6.45) is 86.1. The molecule has 1 amide bonds. The average molecular weight is 1280 g/mol. The van der Waals surface area contributed by atoms with E-state index in [0.717, 1.165) is 57.8 Å². The van der Waals surface area contributed by atoms with Gasteiger partial charge < -0.3 is 28.5 Å². The molecule has 3 unspecified atom stereocenters. The lowest BCUT2D eigenvalue weighted by molar-refractivity contribution is -0.870. The fraction of sp³-hybridized carbons (Fsp3) is 0.924. The molecule has 0 aliphatic heterocycles. The highest BCUT2D eigenvalue weighted by molar-refractivity contribution is 7.45. The van der Waals surface area contributed by atoms with Crippen molar-refractivity contribution in [3.8, 4) is 0 Å². The van der Waals surface area contributed by atoms with Crippen LogP contribution in [0.1, 0.15) is 419 Å². The Balaban J connectivity index is 4.93. The molecule has 0 spiro atoms. The van der Waals surface area contributed by atoms with Gasteiger partial charge in [-0.05, 0) is 57.4 Å². The fourth-order valence-electron chi connectivity index (χ4n) is 12.3. The average Bonchev–Trinajstić information content (AvgIpc) is 3.63. The van der Waals surface area contributed by atoms with Gasteiger partial charge in [0.15, 0.2) is 0 Å². The van der Waals surface area contributed by atoms with Crippen molar-refractivity contribution in [3.63, 3.8) is 0 Å². The number of nitrogens with one attached hydrogen (secondary N) is 1. The Kier molecular flexibility index (Phi) is 68.1. The van der Waals surface area contributed by atoms with Gasteiger partial charge in [-0.25, -0.2) is 0 Å². The summed E-state index contributed by atoms with van der Waals surface area (Å²) >= 11 is 0. The second-order valence-electron chi connectivity index (χ2n) is 28.6. The number of carbonyl (C=O) groups is 2. The third-order valence-electron chi connectivity index (χ3n) is 18.4. The molecule has 89 heavy (non-hydrogen) atoms. The molecule has 10 heteroatoms. The number of quaternary nitrogens is 1. The van der Waals surface area contributed by atoms with Crippen molar-refractivity contribution in [3.05, 3.63) is 24.3 Å². The lowest BCUT2D eigenvalue weighted by atomic mass is 10.0. The van der Waals surface area contributed by atoms with Crippen LogP contribution in [0.4, 0.5) is 0 Å². The van der Waals surface area contributed by atoms with E-state index >= 15 is 0 Å². The molecule has 0 aliphatic rings. The Morgan fingerprint density at radius 2 is 0.652 bits per heavy atom. The number of hydrogen-bond donors (Lipinski definition) is 1. The van der Waals surface area contributed by atoms with E-state index in [-0.39, 0.29) is 31.5 Å². The van der Waals surface area contributed by atoms with E-state index in [4.69, 9.17) is 13.8 Å². The predicted molar refractivity (Wildman–Crippen MR) is 386 cm³/mol. The first-order valence-electron chi connectivity index (χ1n) is 39.6. The normalized spacial score (nSPS) is 13.5. The van der Waals surface area contributed by atoms with E-state index in [1.54, 1.807) is 0 Å². The molecule has 0 saturated heterocycles. The molecule has 0 aliphatic carbocycles. The van der Waals surface area contributed by atoms with E-state index in [1.807, 2.05) is 33.3 Å². The van der Waals surface area contributed by atoms with Crippen LogP contribution < -0.4 is 10.2 Å². The van der Waals surface area contributed by atoms with Gasteiger partial charge in [-0.3, -0.25) is 14.2 Å². The number of likely N-dealkylation sites (N-methyl/N-ethyl adjacent to an activating group) is 1. The number of hydrogen-bond acceptors (Lipinski definition) is 7. The Morgan fingerprint density at radius 1 is 0.382 bits per heavy atom. The molecule has 0 aromatic heterocycles. The van der Waals surface area contributed by atoms with Gasteiger partial charge in [-0.2, -0.15) is 0 Å². The van der Waals surface area contributed by atoms with Crippen molar-refractivity contribution in [2.24, 2.45) is 0 Å². The Bertz CT molecular complexity index is 1570. The molecule has 0 aromatic carbocycles. The molecular formula is C79H155N2O7P. The SMILES string of the molecule is CCCCCCCC/C=C/CCCCCCCCCCCCCCCCCCCC(=O)OC(/C=C/CCCCCCCCCCCCC)C(COP(=O)([O-])OCC[N+](C)(C)C)NC(=O)CCCCCCCCCCCCCCCCCCCCCCCCC. The lowest BCUT2D eigenvalue weighted by Gasteiger charge is -2.30. The van der Waals surface area contributed by atoms with E-state index < -0.39 is 20.0 Å². The number of ether oxygens (including phenoxy) is 1. The second kappa shape index (κ2) is 69.3. The van der Waals surface area contributed by atoms with Gasteiger partial charge in [0.1, 0.15) is 19.3 Å². The zero-order valence-corrected chi connectivity index (χ0v) is 61.6. The minimum Gasteiger partial charge on any atom is -0.756 e. The molecule has 0 heterocycles. The first-order valence-corrected chi connectivity index (χ1v) is 41.1. The monoisotopic (exact) mass is 1280 g/mol. The number of phosphoric acid groups is 1. The van der Waals surface area contributed by atoms with Crippen LogP contribution in [0, 0.1) is 0 Å². The molecule has 9 nitrogen and oxygen atoms in total. The first-order chi connectivity index (χ1) is 43.4. The Labute approximate surface area is 555 Å². The standard InChI is InChI=1S/C79H155N2O7P/c1-7-10-13-16-19-22-25-28-30-32-34-36-38-39-40-41-43-45-47-49-51-54-57-60-63-66-69-72-79(83)88-77(70-67-64-61-58-55-52-27-24-21-18-15-12-9-3)76(75-87-89(84,85)86-74-73-81(4,5)6)80-78(82)71-68-65-62-59-56-53-50-48-46-44-42-37-35-33-31-29-26-23-20-17-14-11-8-2/h28,30,67,70,76-77H,7-27,29,31-66,68-69,71-75H2,1-6H3,(H-,80,82,84,85)/b30-28+,70-67+. The van der Waals surface area contributed by atoms with Crippen LogP contribution in [0.15, 0.2) is 24.3 Å². The highest BCUT2D eigenvalue weighted by Gasteiger charge is 2.27. The topological polar surface area (TPSA) is 114 Å². The summed E-state index contributed by atoms with van der Waals surface area (Å²) in [6, 6.07) is -0.883. The van der Waals surface area contributed by atoms with Crippen molar-refractivity contribution in [1.29, 1.82) is 0 Å². The van der Waals surface area contributed by atoms with Crippen LogP contribution in [-0.2, 0) is 27.9 Å². The second-order valence-corrected chi connectivity index (χ2v) is 30.0. The van der Waals surface area contributed by atoms with Crippen molar-refractivity contribution >= 4 is 19.7 Å². The van der Waals surface area contributed by atoms with E-state index in [9.17, 15) is 19.0 Å². The maximum absolute atomic E-state index is 13.6. The number of esters is 1. The lowest BCUT2D eigenvalue weighted by Crippen LogP contribution is -2.47. The summed E-state index contributed by atoms with van der Waals surface area (Å²) in [5, 5.41) is 3.06. The van der Waals surface area contributed by atoms with Gasteiger partial charge in [-0.15, -0.1) is 0 Å². The summed E-state index contributed by atoms with van der Waals surface area (Å²) in [4.78, 5) is 40.3. The minimum atomic E-state index is -4.70. The number of amides is 1. The molecule has 528 valence electrons. The summed E-state index contributed by atoms with van der Waals surface area (Å²) in [5.74, 6) is -0.511. The van der Waals surface area contributed by atoms with Gasteiger partial charge >= 0.3 is 5.97 Å². The molecule has 0 bridgehead atoms. The van der Waals surface area contributed by atoms with Crippen molar-refractivity contribution in [2.45, 2.75) is 431 Å². The van der Waals surface area contributed by atoms with Gasteiger partial charge in [0.25, 0.3) is 7.82 Å². The minimum absolute atomic E-state index is 0.0173. The van der Waals surface area contributed by atoms with Crippen molar-refractivity contribution < 1.29 is 37.3 Å². The molecule has 0 radical (unpaired) electrons. The highest BCUT2D eigenvalue weighted by Crippen LogP contribution is 2.38. The van der Waals surface area contributed by atoms with Crippen LogP contribution in [-0.4, -0.2) is 69.4 Å². The third kappa shape index (κ3) is 70.6. The molecule has 0 rings (SSSR count). The predicted octanol–water partition coefficient (Wildman–Crippen LogP) is 24.9. The molecular weight excluding hydrogens is 1120 g/mol. The Hall–Kier alpha value is -1.51. The van der Waals surface area contributed by atoms with E-state index in [0.29, 0.717) is 17.4 Å². The van der Waals surface area contributed by atoms with Gasteiger partial charge in [-0.1, -0.05) is 373 Å². The van der Waals surface area contributed by atoms with E-state index in [2.05, 4.69) is 38.2 Å². The Morgan fingerprint density at radius 3 is 0.955 bits per heavy atom. The van der Waals surface area contributed by atoms with Crippen LogP contribution in [0.3, 0.4) is 0 Å². The van der Waals surface area contributed by atoms with Crippen LogP contribution in [0.5, 0.6) is 0 Å². The molecule has 0 aromatic rings. The van der Waals surface area contributed by atoms with Crippen LogP contribution in [0.2, 0.25) is 0 Å². The number of rotatable bonds is 74. The van der Waals surface area contributed by atoms with E-state index in [1.165, 1.54) is 327 Å². The maximum atomic E-state index is 13.6. The summed E-state index contributed by atoms with van der Waals surface area (Å²) in [6.45, 7) is 6.93.